The predicted molar refractivity (Wildman–Crippen MR) is 128 cm³/mol. The van der Waals surface area contributed by atoms with Crippen LogP contribution in [0.25, 0.3) is 16.6 Å². The second kappa shape index (κ2) is 9.56. The maximum atomic E-state index is 13.0. The molecule has 1 aromatic heterocycles. The first-order chi connectivity index (χ1) is 16.0. The Bertz CT molecular complexity index is 1330. The highest BCUT2D eigenvalue weighted by molar-refractivity contribution is 5.94. The minimum Gasteiger partial charge on any atom is -0.494 e. The second-order valence-electron chi connectivity index (χ2n) is 7.52. The topological polar surface area (TPSA) is 82.4 Å². The van der Waals surface area contributed by atoms with E-state index in [9.17, 15) is 9.59 Å². The molecule has 33 heavy (non-hydrogen) atoms. The number of benzene rings is 3. The van der Waals surface area contributed by atoms with Crippen LogP contribution < -0.4 is 20.3 Å². The average molecular weight is 444 g/mol. The number of hydrogen-bond acceptors (Lipinski definition) is 5. The smallest absolute Gasteiger partial charge is 0.265 e. The molecule has 0 saturated heterocycles. The highest BCUT2D eigenvalue weighted by atomic mass is 16.5. The summed E-state index contributed by atoms with van der Waals surface area (Å²) in [6.45, 7) is 5.98. The number of carbonyl (C=O) groups is 1. The van der Waals surface area contributed by atoms with Crippen molar-refractivity contribution in [2.45, 2.75) is 26.9 Å². The highest BCUT2D eigenvalue weighted by Gasteiger charge is 2.15. The third-order valence-electron chi connectivity index (χ3n) is 5.15. The number of fused-ring (bicyclic) bond motifs is 1. The van der Waals surface area contributed by atoms with Crippen molar-refractivity contribution >= 4 is 22.5 Å². The third-order valence-corrected chi connectivity index (χ3v) is 5.15. The molecule has 1 amide bonds. The van der Waals surface area contributed by atoms with Crippen molar-refractivity contribution in [1.82, 2.24) is 9.55 Å². The molecule has 1 atom stereocenters. The van der Waals surface area contributed by atoms with Gasteiger partial charge in [0.1, 0.15) is 17.3 Å². The van der Waals surface area contributed by atoms with Crippen LogP contribution in [-0.4, -0.2) is 28.2 Å². The van der Waals surface area contributed by atoms with Gasteiger partial charge in [-0.05, 0) is 81.4 Å². The summed E-state index contributed by atoms with van der Waals surface area (Å²) in [5.74, 6) is 1.64. The van der Waals surface area contributed by atoms with Crippen LogP contribution in [0.4, 0.5) is 5.69 Å². The Morgan fingerprint density at radius 1 is 1.00 bits per heavy atom. The maximum absolute atomic E-state index is 13.0. The number of carbonyl (C=O) groups excluding carboxylic acids is 1. The van der Waals surface area contributed by atoms with Gasteiger partial charge in [0.05, 0.1) is 23.2 Å². The summed E-state index contributed by atoms with van der Waals surface area (Å²) in [5, 5.41) is 3.40. The van der Waals surface area contributed by atoms with E-state index >= 15 is 0 Å². The van der Waals surface area contributed by atoms with Crippen molar-refractivity contribution in [1.29, 1.82) is 0 Å². The molecule has 168 valence electrons. The Labute approximate surface area is 191 Å². The molecule has 0 aliphatic heterocycles. The van der Waals surface area contributed by atoms with Gasteiger partial charge in [0.25, 0.3) is 11.5 Å². The maximum Gasteiger partial charge on any atom is 0.265 e. The molecule has 1 unspecified atom stereocenters. The number of nitrogens with zero attached hydrogens (tertiary/aromatic N) is 2. The van der Waals surface area contributed by atoms with E-state index < -0.39 is 6.10 Å². The second-order valence-corrected chi connectivity index (χ2v) is 7.52. The third kappa shape index (κ3) is 4.87. The lowest BCUT2D eigenvalue weighted by molar-refractivity contribution is -0.122. The molecule has 0 bridgehead atoms. The molecule has 0 spiro atoms. The molecule has 0 radical (unpaired) electrons. The monoisotopic (exact) mass is 443 g/mol. The fourth-order valence-electron chi connectivity index (χ4n) is 3.52. The predicted octanol–water partition coefficient (Wildman–Crippen LogP) is 4.50. The molecule has 7 nitrogen and oxygen atoms in total. The van der Waals surface area contributed by atoms with Crippen molar-refractivity contribution in [3.05, 3.63) is 89.0 Å². The van der Waals surface area contributed by atoms with Crippen molar-refractivity contribution in [3.63, 3.8) is 0 Å². The molecule has 1 N–H and O–H groups in total. The zero-order valence-electron chi connectivity index (χ0n) is 18.7. The summed E-state index contributed by atoms with van der Waals surface area (Å²) in [5.41, 5.74) is 1.81. The van der Waals surface area contributed by atoms with E-state index in [2.05, 4.69) is 10.3 Å². The number of ether oxygens (including phenoxy) is 2. The van der Waals surface area contributed by atoms with Crippen molar-refractivity contribution in [2.24, 2.45) is 0 Å². The molecule has 4 rings (SSSR count). The van der Waals surface area contributed by atoms with E-state index in [4.69, 9.17) is 9.47 Å². The van der Waals surface area contributed by atoms with Crippen LogP contribution in [0, 0.1) is 6.92 Å². The van der Waals surface area contributed by atoms with Crippen LogP contribution in [0.15, 0.2) is 77.6 Å². The quantitative estimate of drug-likeness (QED) is 0.455. The number of aromatic nitrogens is 2. The average Bonchev–Trinajstić information content (AvgIpc) is 2.81. The lowest BCUT2D eigenvalue weighted by Gasteiger charge is -2.16. The summed E-state index contributed by atoms with van der Waals surface area (Å²) in [7, 11) is 0. The molecule has 3 aromatic carbocycles. The van der Waals surface area contributed by atoms with Gasteiger partial charge >= 0.3 is 0 Å². The number of para-hydroxylation sites is 1. The molecule has 1 heterocycles. The zero-order valence-corrected chi connectivity index (χ0v) is 18.7. The molecule has 0 saturated carbocycles. The molecule has 0 fully saturated rings. The van der Waals surface area contributed by atoms with E-state index in [1.807, 2.05) is 25.1 Å². The zero-order chi connectivity index (χ0) is 23.4. The van der Waals surface area contributed by atoms with Crippen molar-refractivity contribution < 1.29 is 14.3 Å². The lowest BCUT2D eigenvalue weighted by atomic mass is 10.2. The molecular weight excluding hydrogens is 418 g/mol. The van der Waals surface area contributed by atoms with E-state index in [0.29, 0.717) is 40.5 Å². The van der Waals surface area contributed by atoms with E-state index in [-0.39, 0.29) is 11.5 Å². The van der Waals surface area contributed by atoms with Crippen LogP contribution in [0.1, 0.15) is 19.7 Å². The molecule has 0 aliphatic carbocycles. The first-order valence-corrected chi connectivity index (χ1v) is 10.8. The van der Waals surface area contributed by atoms with Gasteiger partial charge in [-0.2, -0.15) is 0 Å². The fourth-order valence-corrected chi connectivity index (χ4v) is 3.52. The van der Waals surface area contributed by atoms with Gasteiger partial charge in [0, 0.05) is 5.69 Å². The van der Waals surface area contributed by atoms with Gasteiger partial charge in [-0.25, -0.2) is 4.98 Å². The summed E-state index contributed by atoms with van der Waals surface area (Å²) in [6.07, 6.45) is -0.697. The first kappa shape index (κ1) is 22.1. The van der Waals surface area contributed by atoms with Gasteiger partial charge in [-0.3, -0.25) is 14.2 Å². The summed E-state index contributed by atoms with van der Waals surface area (Å²) in [6, 6.07) is 21.4. The summed E-state index contributed by atoms with van der Waals surface area (Å²) in [4.78, 5) is 30.1. The van der Waals surface area contributed by atoms with Gasteiger partial charge in [-0.1, -0.05) is 12.1 Å². The largest absolute Gasteiger partial charge is 0.494 e. The number of amides is 1. The van der Waals surface area contributed by atoms with Gasteiger partial charge < -0.3 is 14.8 Å². The van der Waals surface area contributed by atoms with Crippen LogP contribution >= 0.6 is 0 Å². The van der Waals surface area contributed by atoms with Crippen LogP contribution in [0.5, 0.6) is 11.5 Å². The number of hydrogen-bond donors (Lipinski definition) is 1. The fraction of sp³-hybridized carbons (Fsp3) is 0.192. The molecule has 4 aromatic rings. The molecular formula is C26H25N3O4. The Morgan fingerprint density at radius 2 is 1.67 bits per heavy atom. The Balaban J connectivity index is 1.46. The minimum absolute atomic E-state index is 0.132. The molecule has 0 aliphatic rings. The minimum atomic E-state index is -0.697. The standard InChI is InChI=1S/C26H25N3O4/c1-4-32-21-13-15-22(16-14-21)33-17(2)25(30)28-19-9-11-20(12-10-19)29-18(3)27-24-8-6-5-7-23(24)26(29)31/h5-17H,4H2,1-3H3,(H,28,30). The molecule has 7 heteroatoms. The van der Waals surface area contributed by atoms with E-state index in [1.165, 1.54) is 0 Å². The lowest BCUT2D eigenvalue weighted by Crippen LogP contribution is -2.30. The SMILES string of the molecule is CCOc1ccc(OC(C)C(=O)Nc2ccc(-n3c(C)nc4ccccc4c3=O)cc2)cc1. The Kier molecular flexibility index (Phi) is 6.40. The van der Waals surface area contributed by atoms with Gasteiger partial charge in [0.15, 0.2) is 6.10 Å². The normalized spacial score (nSPS) is 11.7. The number of aryl methyl sites for hydroxylation is 1. The van der Waals surface area contributed by atoms with Crippen molar-refractivity contribution in [2.75, 3.05) is 11.9 Å². The first-order valence-electron chi connectivity index (χ1n) is 10.8. The summed E-state index contributed by atoms with van der Waals surface area (Å²) < 4.78 is 12.7. The Morgan fingerprint density at radius 3 is 2.36 bits per heavy atom. The number of anilines is 1. The van der Waals surface area contributed by atoms with Crippen molar-refractivity contribution in [3.8, 4) is 17.2 Å². The van der Waals surface area contributed by atoms with Crippen LogP contribution in [0.3, 0.4) is 0 Å². The van der Waals surface area contributed by atoms with Gasteiger partial charge in [-0.15, -0.1) is 0 Å². The van der Waals surface area contributed by atoms with Crippen LogP contribution in [0.2, 0.25) is 0 Å². The van der Waals surface area contributed by atoms with Crippen LogP contribution in [-0.2, 0) is 4.79 Å². The summed E-state index contributed by atoms with van der Waals surface area (Å²) >= 11 is 0. The van der Waals surface area contributed by atoms with E-state index in [0.717, 1.165) is 5.75 Å². The van der Waals surface area contributed by atoms with Gasteiger partial charge in [0.2, 0.25) is 0 Å². The number of nitrogens with one attached hydrogen (secondary N) is 1. The van der Waals surface area contributed by atoms with E-state index in [1.54, 1.807) is 73.0 Å². The number of rotatable bonds is 7. The highest BCUT2D eigenvalue weighted by Crippen LogP contribution is 2.20. The Hall–Kier alpha value is -4.13.